The van der Waals surface area contributed by atoms with Crippen LogP contribution in [0.15, 0.2) is 48.5 Å². The first-order chi connectivity index (χ1) is 35.1. The number of carbonyl (C=O) groups excluding carboxylic acids is 2. The van der Waals surface area contributed by atoms with Crippen LogP contribution in [0, 0.1) is 5.92 Å². The minimum atomic E-state index is -2.80. The quantitative estimate of drug-likeness (QED) is 0.0517. The van der Waals surface area contributed by atoms with Gasteiger partial charge in [-0.05, 0) is 47.7 Å². The van der Waals surface area contributed by atoms with Gasteiger partial charge in [0.05, 0.1) is 26.4 Å². The van der Waals surface area contributed by atoms with Crippen LogP contribution in [0.2, 0.25) is 0 Å². The molecule has 0 bridgehead atoms. The van der Waals surface area contributed by atoms with Crippen LogP contribution in [0.5, 0.6) is 11.5 Å². The lowest BCUT2D eigenvalue weighted by Crippen LogP contribution is -2.65. The van der Waals surface area contributed by atoms with Crippen molar-refractivity contribution in [3.05, 3.63) is 59.7 Å². The Morgan fingerprint density at radius 3 is 1.32 bits per heavy atom. The Balaban J connectivity index is 1.15. The lowest BCUT2D eigenvalue weighted by atomic mass is 9.86. The van der Waals surface area contributed by atoms with Crippen molar-refractivity contribution >= 4 is 11.9 Å². The number of ether oxygens (including phenoxy) is 10. The molecule has 0 aliphatic carbocycles. The van der Waals surface area contributed by atoms with Crippen molar-refractivity contribution in [1.29, 1.82) is 0 Å². The first-order valence-corrected chi connectivity index (χ1v) is 23.5. The molecule has 0 unspecified atom stereocenters. The lowest BCUT2D eigenvalue weighted by Gasteiger charge is -2.45. The maximum atomic E-state index is 14.4. The number of carbonyl (C=O) groups is 2. The highest BCUT2D eigenvalue weighted by molar-refractivity contribution is 5.89. The van der Waals surface area contributed by atoms with Gasteiger partial charge >= 0.3 is 11.9 Å². The molecule has 6 rings (SSSR count). The van der Waals surface area contributed by atoms with Crippen molar-refractivity contribution in [3.63, 3.8) is 0 Å². The zero-order chi connectivity index (χ0) is 54.3. The smallest absolute Gasteiger partial charge is 0.342 e. The van der Waals surface area contributed by atoms with Gasteiger partial charge in [0, 0.05) is 0 Å². The van der Waals surface area contributed by atoms with Gasteiger partial charge < -0.3 is 129 Å². The third kappa shape index (κ3) is 13.3. The second-order valence-electron chi connectivity index (χ2n) is 18.6. The molecule has 28 heteroatoms. The summed E-state index contributed by atoms with van der Waals surface area (Å²) in [5.74, 6) is -3.43. The Hall–Kier alpha value is -3.90. The van der Waals surface area contributed by atoms with Crippen LogP contribution in [0.25, 0.3) is 0 Å². The van der Waals surface area contributed by atoms with E-state index in [1.807, 2.05) is 0 Å². The fourth-order valence-corrected chi connectivity index (χ4v) is 8.55. The molecule has 2 aromatic carbocycles. The molecule has 0 aromatic heterocycles. The van der Waals surface area contributed by atoms with Crippen LogP contribution >= 0.6 is 0 Å². The lowest BCUT2D eigenvalue weighted by molar-refractivity contribution is -0.352. The number of aliphatic hydroxyl groups is 16. The number of hydrogen-bond acceptors (Lipinski definition) is 28. The molecule has 4 aliphatic heterocycles. The summed E-state index contributed by atoms with van der Waals surface area (Å²) in [6, 6.07) is 10.9. The Morgan fingerprint density at radius 1 is 0.500 bits per heavy atom. The molecule has 16 N–H and O–H groups in total. The maximum absolute atomic E-state index is 14.4. The molecule has 4 aliphatic rings. The van der Waals surface area contributed by atoms with E-state index in [1.165, 1.54) is 48.5 Å². The van der Waals surface area contributed by atoms with Crippen LogP contribution in [-0.4, -0.2) is 255 Å². The summed E-state index contributed by atoms with van der Waals surface area (Å²) in [4.78, 5) is 28.2. The van der Waals surface area contributed by atoms with Gasteiger partial charge in [0.2, 0.25) is 18.2 Å². The average molecular weight is 1070 g/mol. The van der Waals surface area contributed by atoms with Crippen molar-refractivity contribution < 1.29 is 139 Å². The zero-order valence-electron chi connectivity index (χ0n) is 39.8. The van der Waals surface area contributed by atoms with Gasteiger partial charge in [0.1, 0.15) is 122 Å². The standard InChI is InChI=1S/C46H66O28/c1-18(2)11-46(74-44-36(60)33(57)29(53)25(14-49)72-44,45(64)66-17-20-5-9-21(10-6-20)67-41-34(58)31(55)27(51)23(12-47)69-41)39(62)40(63)65-16-19-3-7-22(8-4-19)68-43-37(61)38(30(54)26(15-50)71-43)73-42-35(59)32(56)28(52)24(13-48)70-42/h3-10,18,23-39,41-44,47-62H,11-17H2,1-2H3/t23-,24-,25-,26-,27-,28-,29-,30-,31+,32+,33+,34-,35-,36-,37-,38+,39-,41-,42+,43-,44+,46-/m1/s1. The van der Waals surface area contributed by atoms with Gasteiger partial charge in [-0.15, -0.1) is 0 Å². The minimum Gasteiger partial charge on any atom is -0.462 e. The Kier molecular flexibility index (Phi) is 20.8. The van der Waals surface area contributed by atoms with Gasteiger partial charge in [-0.25, -0.2) is 9.59 Å². The molecule has 0 saturated carbocycles. The zero-order valence-corrected chi connectivity index (χ0v) is 39.8. The topological polar surface area (TPSA) is 450 Å². The third-order valence-electron chi connectivity index (χ3n) is 12.8. The molecule has 4 heterocycles. The van der Waals surface area contributed by atoms with E-state index >= 15 is 0 Å². The van der Waals surface area contributed by atoms with Crippen LogP contribution in [0.3, 0.4) is 0 Å². The summed E-state index contributed by atoms with van der Waals surface area (Å²) in [6.45, 7) is -1.21. The molecular formula is C46H66O28. The molecule has 2 aromatic rings. The van der Waals surface area contributed by atoms with E-state index in [-0.39, 0.29) is 22.6 Å². The van der Waals surface area contributed by atoms with Crippen molar-refractivity contribution in [3.8, 4) is 11.5 Å². The Labute approximate surface area is 421 Å². The van der Waals surface area contributed by atoms with Crippen molar-refractivity contribution in [2.45, 2.75) is 168 Å². The highest BCUT2D eigenvalue weighted by Gasteiger charge is 2.58. The number of aliphatic hydroxyl groups excluding tert-OH is 16. The Bertz CT molecular complexity index is 2060. The number of hydrogen-bond donors (Lipinski definition) is 16. The van der Waals surface area contributed by atoms with E-state index < -0.39 is 198 Å². The molecule has 22 atom stereocenters. The average Bonchev–Trinajstić information content (AvgIpc) is 3.39. The van der Waals surface area contributed by atoms with Gasteiger partial charge in [0.15, 0.2) is 18.7 Å². The van der Waals surface area contributed by atoms with Gasteiger partial charge in [-0.2, -0.15) is 0 Å². The van der Waals surface area contributed by atoms with E-state index in [2.05, 4.69) is 0 Å². The van der Waals surface area contributed by atoms with E-state index in [9.17, 15) is 91.3 Å². The van der Waals surface area contributed by atoms with Crippen LogP contribution in [-0.2, 0) is 60.7 Å². The molecule has 74 heavy (non-hydrogen) atoms. The molecule has 0 radical (unpaired) electrons. The molecular weight excluding hydrogens is 1000 g/mol. The van der Waals surface area contributed by atoms with Crippen molar-refractivity contribution in [1.82, 2.24) is 0 Å². The molecule has 418 valence electrons. The second-order valence-corrected chi connectivity index (χ2v) is 18.6. The monoisotopic (exact) mass is 1070 g/mol. The largest absolute Gasteiger partial charge is 0.462 e. The fraction of sp³-hybridized carbons (Fsp3) is 0.696. The van der Waals surface area contributed by atoms with E-state index in [1.54, 1.807) is 13.8 Å². The first-order valence-electron chi connectivity index (χ1n) is 23.5. The third-order valence-corrected chi connectivity index (χ3v) is 12.8. The predicted molar refractivity (Wildman–Crippen MR) is 237 cm³/mol. The minimum absolute atomic E-state index is 0.00794. The summed E-state index contributed by atoms with van der Waals surface area (Å²) in [7, 11) is 0. The van der Waals surface area contributed by atoms with E-state index in [0.29, 0.717) is 0 Å². The summed E-state index contributed by atoms with van der Waals surface area (Å²) >= 11 is 0. The molecule has 4 fully saturated rings. The molecule has 0 spiro atoms. The highest BCUT2D eigenvalue weighted by Crippen LogP contribution is 2.36. The van der Waals surface area contributed by atoms with Crippen molar-refractivity contribution in [2.75, 3.05) is 26.4 Å². The molecule has 0 amide bonds. The predicted octanol–water partition coefficient (Wildman–Crippen LogP) is -7.38. The second kappa shape index (κ2) is 26.0. The highest BCUT2D eigenvalue weighted by atomic mass is 16.7. The van der Waals surface area contributed by atoms with Gasteiger partial charge in [-0.1, -0.05) is 38.1 Å². The molecule has 28 nitrogen and oxygen atoms in total. The number of esters is 2. The number of benzene rings is 2. The van der Waals surface area contributed by atoms with Gasteiger partial charge in [-0.3, -0.25) is 0 Å². The van der Waals surface area contributed by atoms with E-state index in [4.69, 9.17) is 47.4 Å². The fourth-order valence-electron chi connectivity index (χ4n) is 8.55. The number of rotatable bonds is 21. The normalized spacial score (nSPS) is 37.9. The maximum Gasteiger partial charge on any atom is 0.342 e. The van der Waals surface area contributed by atoms with Crippen LogP contribution in [0.4, 0.5) is 0 Å². The Morgan fingerprint density at radius 2 is 0.878 bits per heavy atom. The summed E-state index contributed by atoms with van der Waals surface area (Å²) in [6.07, 6.45) is -37.6. The summed E-state index contributed by atoms with van der Waals surface area (Å²) in [5.41, 5.74) is -2.29. The summed E-state index contributed by atoms with van der Waals surface area (Å²) < 4.78 is 55.7. The van der Waals surface area contributed by atoms with Gasteiger partial charge in [0.25, 0.3) is 0 Å². The molecule has 4 saturated heterocycles. The van der Waals surface area contributed by atoms with Crippen molar-refractivity contribution in [2.24, 2.45) is 5.92 Å². The van der Waals surface area contributed by atoms with Crippen LogP contribution < -0.4 is 9.47 Å². The SMILES string of the molecule is CC(C)C[C@](O[C@@H]1O[C@H](CO)[C@@H](O)[C@H](O)[C@H]1O)(C(=O)OCc1ccc(O[C@@H]2O[C@H](CO)[C@@H](O)[C@H](O)[C@H]2O)cc1)[C@H](O)C(=O)OCc1ccc(O[C@@H]2O[C@H](CO)[C@@H](O)[C@H](O[C@@H]3O[C@H](CO)[C@@H](O)[C@H](O)[C@H]3O)[C@H]2O)cc1. The first kappa shape index (κ1) is 59.3. The van der Waals surface area contributed by atoms with E-state index in [0.717, 1.165) is 0 Å². The van der Waals surface area contributed by atoms with Crippen LogP contribution in [0.1, 0.15) is 31.4 Å². The summed E-state index contributed by atoms with van der Waals surface area (Å²) in [5, 5.41) is 166.